The van der Waals surface area contributed by atoms with E-state index >= 15 is 0 Å². The molecule has 2 aromatic heterocycles. The molecule has 128 valence electrons. The van der Waals surface area contributed by atoms with E-state index in [1.54, 1.807) is 6.21 Å². The van der Waals surface area contributed by atoms with Gasteiger partial charge in [-0.15, -0.1) is 0 Å². The lowest BCUT2D eigenvalue weighted by molar-refractivity contribution is -0.114. The maximum atomic E-state index is 11.0. The number of fused-ring (bicyclic) bond motifs is 3. The Morgan fingerprint density at radius 1 is 1.12 bits per heavy atom. The lowest BCUT2D eigenvalue weighted by Crippen LogP contribution is -2.05. The fourth-order valence-electron chi connectivity index (χ4n) is 2.63. The SMILES string of the molecule is CC(=O)Nc1ccc(/C=N\Nc2ncnc3c2oc2ccccc23)cc1. The summed E-state index contributed by atoms with van der Waals surface area (Å²) in [6.07, 6.45) is 3.14. The number of amides is 1. The quantitative estimate of drug-likeness (QED) is 0.434. The molecular weight excluding hydrogens is 330 g/mol. The van der Waals surface area contributed by atoms with Crippen molar-refractivity contribution in [3.8, 4) is 0 Å². The molecule has 0 aliphatic carbocycles. The van der Waals surface area contributed by atoms with E-state index in [1.165, 1.54) is 13.3 Å². The molecule has 4 rings (SSSR count). The largest absolute Gasteiger partial charge is 0.450 e. The molecule has 0 radical (unpaired) electrons. The first-order valence-corrected chi connectivity index (χ1v) is 8.00. The molecule has 2 heterocycles. The Bertz CT molecular complexity index is 1120. The van der Waals surface area contributed by atoms with E-state index in [9.17, 15) is 4.79 Å². The zero-order valence-electron chi connectivity index (χ0n) is 13.9. The average Bonchev–Trinajstić information content (AvgIpc) is 3.02. The van der Waals surface area contributed by atoms with E-state index in [4.69, 9.17) is 4.42 Å². The lowest BCUT2D eigenvalue weighted by atomic mass is 10.2. The van der Waals surface area contributed by atoms with Crippen molar-refractivity contribution in [2.24, 2.45) is 5.10 Å². The molecule has 0 aliphatic heterocycles. The number of benzene rings is 2. The number of hydrogen-bond acceptors (Lipinski definition) is 6. The number of rotatable bonds is 4. The van der Waals surface area contributed by atoms with Gasteiger partial charge in [0.2, 0.25) is 5.91 Å². The van der Waals surface area contributed by atoms with Crippen molar-refractivity contribution < 1.29 is 9.21 Å². The van der Waals surface area contributed by atoms with Gasteiger partial charge in [0.05, 0.1) is 6.21 Å². The van der Waals surface area contributed by atoms with Gasteiger partial charge in [0.15, 0.2) is 11.4 Å². The molecule has 0 spiro atoms. The van der Waals surface area contributed by atoms with Gasteiger partial charge >= 0.3 is 0 Å². The van der Waals surface area contributed by atoms with Crippen LogP contribution in [0.2, 0.25) is 0 Å². The van der Waals surface area contributed by atoms with Crippen molar-refractivity contribution in [3.05, 3.63) is 60.4 Å². The minimum atomic E-state index is -0.105. The van der Waals surface area contributed by atoms with Gasteiger partial charge in [0.1, 0.15) is 17.4 Å². The van der Waals surface area contributed by atoms with Crippen LogP contribution in [0.3, 0.4) is 0 Å². The van der Waals surface area contributed by atoms with Crippen LogP contribution in [-0.4, -0.2) is 22.1 Å². The number of anilines is 2. The van der Waals surface area contributed by atoms with Crippen LogP contribution in [0.1, 0.15) is 12.5 Å². The van der Waals surface area contributed by atoms with Crippen molar-refractivity contribution in [2.45, 2.75) is 6.92 Å². The van der Waals surface area contributed by atoms with Gasteiger partial charge in [-0.3, -0.25) is 10.2 Å². The Kier molecular flexibility index (Phi) is 4.03. The van der Waals surface area contributed by atoms with Crippen LogP contribution >= 0.6 is 0 Å². The highest BCUT2D eigenvalue weighted by atomic mass is 16.3. The summed E-state index contributed by atoms with van der Waals surface area (Å²) < 4.78 is 5.84. The van der Waals surface area contributed by atoms with Crippen molar-refractivity contribution >= 4 is 45.7 Å². The number of para-hydroxylation sites is 1. The molecule has 2 aromatic carbocycles. The topological polar surface area (TPSA) is 92.4 Å². The summed E-state index contributed by atoms with van der Waals surface area (Å²) in [7, 11) is 0. The highest BCUT2D eigenvalue weighted by molar-refractivity contribution is 6.05. The first-order chi connectivity index (χ1) is 12.7. The standard InChI is InChI=1S/C19H15N5O2/c1-12(25)23-14-8-6-13(7-9-14)10-22-24-19-18-17(20-11-21-19)15-4-2-3-5-16(15)26-18/h2-11H,1H3,(H,23,25)(H,20,21,24)/b22-10-. The monoisotopic (exact) mass is 345 g/mol. The molecule has 0 aliphatic rings. The summed E-state index contributed by atoms with van der Waals surface area (Å²) in [4.78, 5) is 19.5. The van der Waals surface area contributed by atoms with E-state index in [0.29, 0.717) is 11.4 Å². The first-order valence-electron chi connectivity index (χ1n) is 8.00. The molecule has 0 fully saturated rings. The van der Waals surface area contributed by atoms with E-state index < -0.39 is 0 Å². The Morgan fingerprint density at radius 2 is 1.92 bits per heavy atom. The zero-order valence-corrected chi connectivity index (χ0v) is 13.9. The maximum absolute atomic E-state index is 11.0. The smallest absolute Gasteiger partial charge is 0.221 e. The number of hydrazone groups is 1. The Labute approximate surface area is 148 Å². The molecule has 4 aromatic rings. The minimum Gasteiger partial charge on any atom is -0.450 e. The molecule has 7 heteroatoms. The molecular formula is C19H15N5O2. The van der Waals surface area contributed by atoms with E-state index in [2.05, 4.69) is 25.8 Å². The third kappa shape index (κ3) is 3.10. The summed E-state index contributed by atoms with van der Waals surface area (Å²) in [5, 5.41) is 7.86. The predicted molar refractivity (Wildman–Crippen MR) is 101 cm³/mol. The molecule has 0 unspecified atom stereocenters. The molecule has 0 atom stereocenters. The fraction of sp³-hybridized carbons (Fsp3) is 0.0526. The molecule has 0 bridgehead atoms. The van der Waals surface area contributed by atoms with Gasteiger partial charge in [0, 0.05) is 18.0 Å². The third-order valence-electron chi connectivity index (χ3n) is 3.77. The predicted octanol–water partition coefficient (Wildman–Crippen LogP) is 3.78. The normalized spacial score (nSPS) is 11.3. The van der Waals surface area contributed by atoms with Crippen LogP contribution < -0.4 is 10.7 Å². The molecule has 0 saturated carbocycles. The molecule has 2 N–H and O–H groups in total. The van der Waals surface area contributed by atoms with Crippen LogP contribution in [-0.2, 0) is 4.79 Å². The number of nitrogens with zero attached hydrogens (tertiary/aromatic N) is 3. The van der Waals surface area contributed by atoms with Gasteiger partial charge < -0.3 is 9.73 Å². The molecule has 0 saturated heterocycles. The summed E-state index contributed by atoms with van der Waals surface area (Å²) in [6, 6.07) is 15.0. The maximum Gasteiger partial charge on any atom is 0.221 e. The lowest BCUT2D eigenvalue weighted by Gasteiger charge is -2.02. The molecule has 1 amide bonds. The van der Waals surface area contributed by atoms with Crippen LogP contribution in [0.5, 0.6) is 0 Å². The van der Waals surface area contributed by atoms with Gasteiger partial charge in [-0.2, -0.15) is 5.10 Å². The van der Waals surface area contributed by atoms with Crippen LogP contribution in [0.15, 0.2) is 64.4 Å². The Hall–Kier alpha value is -3.74. The highest BCUT2D eigenvalue weighted by Gasteiger charge is 2.12. The summed E-state index contributed by atoms with van der Waals surface area (Å²) >= 11 is 0. The second kappa shape index (κ2) is 6.64. The van der Waals surface area contributed by atoms with Gasteiger partial charge in [-0.25, -0.2) is 9.97 Å². The van der Waals surface area contributed by atoms with E-state index in [-0.39, 0.29) is 5.91 Å². The van der Waals surface area contributed by atoms with Crippen molar-refractivity contribution in [3.63, 3.8) is 0 Å². The van der Waals surface area contributed by atoms with Gasteiger partial charge in [-0.1, -0.05) is 24.3 Å². The van der Waals surface area contributed by atoms with Crippen LogP contribution in [0.25, 0.3) is 22.1 Å². The third-order valence-corrected chi connectivity index (χ3v) is 3.77. The van der Waals surface area contributed by atoms with E-state index in [1.807, 2.05) is 48.5 Å². The number of aromatic nitrogens is 2. The van der Waals surface area contributed by atoms with Crippen molar-refractivity contribution in [2.75, 3.05) is 10.7 Å². The van der Waals surface area contributed by atoms with Gasteiger partial charge in [-0.05, 0) is 29.8 Å². The zero-order chi connectivity index (χ0) is 17.9. The van der Waals surface area contributed by atoms with Crippen molar-refractivity contribution in [1.82, 2.24) is 9.97 Å². The highest BCUT2D eigenvalue weighted by Crippen LogP contribution is 2.30. The Balaban J connectivity index is 1.56. The number of hydrogen-bond donors (Lipinski definition) is 2. The van der Waals surface area contributed by atoms with E-state index in [0.717, 1.165) is 27.7 Å². The fourth-order valence-corrected chi connectivity index (χ4v) is 2.63. The minimum absolute atomic E-state index is 0.105. The average molecular weight is 345 g/mol. The summed E-state index contributed by atoms with van der Waals surface area (Å²) in [5.41, 5.74) is 6.57. The Morgan fingerprint density at radius 3 is 2.73 bits per heavy atom. The second-order valence-corrected chi connectivity index (χ2v) is 5.67. The summed E-state index contributed by atoms with van der Waals surface area (Å²) in [5.74, 6) is 0.393. The number of nitrogens with one attached hydrogen (secondary N) is 2. The van der Waals surface area contributed by atoms with Crippen molar-refractivity contribution in [1.29, 1.82) is 0 Å². The summed E-state index contributed by atoms with van der Waals surface area (Å²) in [6.45, 7) is 1.47. The number of furan rings is 1. The molecule has 26 heavy (non-hydrogen) atoms. The van der Waals surface area contributed by atoms with Crippen LogP contribution in [0, 0.1) is 0 Å². The first kappa shape index (κ1) is 15.8. The molecule has 7 nitrogen and oxygen atoms in total. The van der Waals surface area contributed by atoms with Gasteiger partial charge in [0.25, 0.3) is 0 Å². The second-order valence-electron chi connectivity index (χ2n) is 5.67. The number of carbonyl (C=O) groups is 1. The van der Waals surface area contributed by atoms with Crippen LogP contribution in [0.4, 0.5) is 11.5 Å². The number of carbonyl (C=O) groups excluding carboxylic acids is 1.